The molecular weight excluding hydrogens is 1480 g/mol. The molecule has 4 nitrogen and oxygen atoms in total. The monoisotopic (exact) mass is 1620 g/mol. The van der Waals surface area contributed by atoms with Crippen LogP contribution in [-0.4, -0.2) is 26.4 Å². The first-order chi connectivity index (χ1) is 60.5. The van der Waals surface area contributed by atoms with Crippen molar-refractivity contribution in [3.05, 3.63) is 286 Å². The Kier molecular flexibility index (Phi) is 34.5. The van der Waals surface area contributed by atoms with Crippen molar-refractivity contribution in [2.45, 2.75) is 285 Å². The van der Waals surface area contributed by atoms with Gasteiger partial charge in [-0.1, -0.05) is 404 Å². The highest BCUT2D eigenvalue weighted by atomic mass is 16.5. The van der Waals surface area contributed by atoms with Crippen LogP contribution in [-0.2, 0) is 0 Å². The van der Waals surface area contributed by atoms with Gasteiger partial charge >= 0.3 is 0 Å². The molecule has 0 heterocycles. The zero-order valence-corrected chi connectivity index (χ0v) is 74.8. The standard InChI is InChI=1S/C118H140O4/c1-5-9-13-17-21-25-29-33-37-49-77-119-101-69-61-89(62-70-101)113(90-63-71-102(72-64-90)120-78-50-38-34-30-26-22-18-14-10-6-2)115-105-81-93-53-41-45-57-97(93)85-109(105)117(110-86-98-58-46-42-54-94(98)82-106(110)115)118-111-87-99-59-47-43-55-95(99)83-107(111)116(108-84-96-56-44-48-60-100(96)88-112(108)118)114(91-65-73-103(74-66-91)121-79-51-39-35-31-27-23-19-15-11-7-3)92-67-75-104(76-68-92)122-80-52-40-36-32-28-24-20-16-12-8-4/h41-48,53-76,81-88H,5-40,49-52,77-80H2,1-4H3. The van der Waals surface area contributed by atoms with Crippen LogP contribution in [0.5, 0.6) is 23.0 Å². The van der Waals surface area contributed by atoms with E-state index in [0.717, 1.165) is 70.9 Å². The van der Waals surface area contributed by atoms with Crippen LogP contribution in [0.4, 0.5) is 0 Å². The first-order valence-corrected chi connectivity index (χ1v) is 48.8. The minimum Gasteiger partial charge on any atom is -0.494 e. The van der Waals surface area contributed by atoms with Gasteiger partial charge in [0.15, 0.2) is 0 Å². The topological polar surface area (TPSA) is 36.9 Å². The summed E-state index contributed by atoms with van der Waals surface area (Å²) in [6, 6.07) is 92.9. The molecule has 4 heteroatoms. The first kappa shape index (κ1) is 88.4. The van der Waals surface area contributed by atoms with Crippen molar-refractivity contribution in [3.8, 4) is 23.0 Å². The number of fused-ring (bicyclic) bond motifs is 8. The lowest BCUT2D eigenvalue weighted by molar-refractivity contribution is 0.304. The van der Waals surface area contributed by atoms with E-state index in [9.17, 15) is 0 Å². The Balaban J connectivity index is 0.972. The SMILES string of the molecule is CCCCCCCCCCCCOc1ccc(C(c2ccc(OCCCCCCCCCCCC)cc2)=c2c3cc4ccccc4cc3c(=c3c4cc5ccccc5cc4c(=C(c4ccc(OCCCCCCCCCCCC)cc4)c4ccc(OCCCCCCCCCCCC)cc4)c4cc5ccccc5cc34)c3cc4ccccc4cc23)cc1. The number of unbranched alkanes of at least 4 members (excludes halogenated alkanes) is 36. The van der Waals surface area contributed by atoms with Gasteiger partial charge in [0.2, 0.25) is 0 Å². The molecular formula is C118H140O4. The van der Waals surface area contributed by atoms with Gasteiger partial charge in [-0.15, -0.1) is 0 Å². The number of rotatable bonds is 52. The minimum atomic E-state index is 0.712. The van der Waals surface area contributed by atoms with Crippen molar-refractivity contribution in [2.24, 2.45) is 0 Å². The average Bonchev–Trinajstić information content (AvgIpc) is 0.694. The fourth-order valence-corrected chi connectivity index (χ4v) is 19.2. The Labute approximate surface area is 731 Å². The minimum absolute atomic E-state index is 0.712. The van der Waals surface area contributed by atoms with Crippen molar-refractivity contribution in [1.82, 2.24) is 0 Å². The van der Waals surface area contributed by atoms with Crippen molar-refractivity contribution < 1.29 is 18.9 Å². The van der Waals surface area contributed by atoms with E-state index in [1.165, 1.54) is 349 Å². The molecule has 0 aliphatic rings. The Bertz CT molecular complexity index is 5130. The summed E-state index contributed by atoms with van der Waals surface area (Å²) >= 11 is 0. The maximum absolute atomic E-state index is 6.68. The number of hydrogen-bond acceptors (Lipinski definition) is 4. The summed E-state index contributed by atoms with van der Waals surface area (Å²) in [5, 5.41) is 24.1. The van der Waals surface area contributed by atoms with Crippen LogP contribution in [0.2, 0.25) is 0 Å². The Morgan fingerprint density at radius 2 is 0.328 bits per heavy atom. The van der Waals surface area contributed by atoms with Gasteiger partial charge in [0.25, 0.3) is 0 Å². The van der Waals surface area contributed by atoms with Gasteiger partial charge in [-0.2, -0.15) is 0 Å². The van der Waals surface area contributed by atoms with E-state index in [4.69, 9.17) is 18.9 Å². The van der Waals surface area contributed by atoms with E-state index in [1.54, 1.807) is 0 Å². The number of ether oxygens (including phenoxy) is 4. The molecule has 636 valence electrons. The second kappa shape index (κ2) is 47.7. The highest BCUT2D eigenvalue weighted by molar-refractivity contribution is 6.16. The Morgan fingerprint density at radius 1 is 0.172 bits per heavy atom. The van der Waals surface area contributed by atoms with E-state index < -0.39 is 0 Å². The molecule has 0 aliphatic carbocycles. The zero-order chi connectivity index (χ0) is 83.5. The quantitative estimate of drug-likeness (QED) is 0.0281. The summed E-state index contributed by atoms with van der Waals surface area (Å²) in [6.07, 6.45) is 51.7. The molecule has 0 unspecified atom stereocenters. The van der Waals surface area contributed by atoms with E-state index in [1.807, 2.05) is 0 Å². The molecule has 0 bridgehead atoms. The molecule has 0 fully saturated rings. The molecule has 0 aromatic heterocycles. The smallest absolute Gasteiger partial charge is 0.119 e. The van der Waals surface area contributed by atoms with Crippen molar-refractivity contribution in [1.29, 1.82) is 0 Å². The van der Waals surface area contributed by atoms with Crippen LogP contribution in [0.15, 0.2) is 243 Å². The average molecular weight is 1620 g/mol. The van der Waals surface area contributed by atoms with Crippen LogP contribution >= 0.6 is 0 Å². The van der Waals surface area contributed by atoms with E-state index in [2.05, 4.69) is 270 Å². The molecule has 0 N–H and O–H groups in total. The van der Waals surface area contributed by atoms with Crippen LogP contribution in [0.25, 0.3) is 97.3 Å². The van der Waals surface area contributed by atoms with Crippen LogP contribution in [0.1, 0.15) is 307 Å². The molecule has 0 atom stereocenters. The van der Waals surface area contributed by atoms with Gasteiger partial charge in [-0.25, -0.2) is 0 Å². The Hall–Kier alpha value is -9.90. The third kappa shape index (κ3) is 23.9. The van der Waals surface area contributed by atoms with E-state index >= 15 is 0 Å². The van der Waals surface area contributed by atoms with Crippen LogP contribution in [0, 0.1) is 10.4 Å². The summed E-state index contributed by atoms with van der Waals surface area (Å²) in [5.41, 5.74) is 6.88. The summed E-state index contributed by atoms with van der Waals surface area (Å²) in [7, 11) is 0. The molecule has 0 spiro atoms. The normalized spacial score (nSPS) is 11.7. The summed E-state index contributed by atoms with van der Waals surface area (Å²) in [5.74, 6) is 3.63. The highest BCUT2D eigenvalue weighted by Gasteiger charge is 2.22. The molecule has 14 rings (SSSR count). The first-order valence-electron chi connectivity index (χ1n) is 48.8. The molecule has 14 aromatic carbocycles. The number of benzene rings is 14. The van der Waals surface area contributed by atoms with Crippen LogP contribution in [0.3, 0.4) is 0 Å². The Morgan fingerprint density at radius 3 is 0.500 bits per heavy atom. The molecule has 122 heavy (non-hydrogen) atoms. The van der Waals surface area contributed by atoms with Crippen molar-refractivity contribution >= 4 is 97.3 Å². The van der Waals surface area contributed by atoms with Gasteiger partial charge in [-0.3, -0.25) is 0 Å². The maximum atomic E-state index is 6.68. The lowest BCUT2D eigenvalue weighted by Gasteiger charge is -2.19. The number of hydrogen-bond donors (Lipinski definition) is 0. The van der Waals surface area contributed by atoms with Gasteiger partial charge < -0.3 is 18.9 Å². The lowest BCUT2D eigenvalue weighted by atomic mass is 9.84. The van der Waals surface area contributed by atoms with Gasteiger partial charge in [0.1, 0.15) is 23.0 Å². The van der Waals surface area contributed by atoms with Gasteiger partial charge in [0.05, 0.1) is 26.4 Å². The maximum Gasteiger partial charge on any atom is 0.119 e. The predicted molar refractivity (Wildman–Crippen MR) is 528 cm³/mol. The van der Waals surface area contributed by atoms with Gasteiger partial charge in [-0.05, 0) is 263 Å². The second-order valence-corrected chi connectivity index (χ2v) is 35.4. The predicted octanol–water partition coefficient (Wildman–Crippen LogP) is 33.9. The molecule has 0 radical (unpaired) electrons. The molecule has 0 aliphatic heterocycles. The lowest BCUT2D eigenvalue weighted by Crippen LogP contribution is -2.14. The third-order valence-electron chi connectivity index (χ3n) is 26.1. The third-order valence-corrected chi connectivity index (χ3v) is 26.1. The fourth-order valence-electron chi connectivity index (χ4n) is 19.2. The van der Waals surface area contributed by atoms with Crippen LogP contribution < -0.4 is 29.4 Å². The highest BCUT2D eigenvalue weighted by Crippen LogP contribution is 2.40. The molecule has 0 amide bonds. The zero-order valence-electron chi connectivity index (χ0n) is 74.8. The van der Waals surface area contributed by atoms with E-state index in [-0.39, 0.29) is 0 Å². The van der Waals surface area contributed by atoms with E-state index in [0.29, 0.717) is 26.4 Å². The molecule has 0 saturated heterocycles. The van der Waals surface area contributed by atoms with Crippen molar-refractivity contribution in [2.75, 3.05) is 26.4 Å². The summed E-state index contributed by atoms with van der Waals surface area (Å²) < 4.78 is 26.7. The molecule has 14 aromatic rings. The largest absolute Gasteiger partial charge is 0.494 e. The fraction of sp³-hybridized carbons (Fsp3) is 0.407. The summed E-state index contributed by atoms with van der Waals surface area (Å²) in [6.45, 7) is 12.1. The molecule has 0 saturated carbocycles. The van der Waals surface area contributed by atoms with Crippen molar-refractivity contribution in [3.63, 3.8) is 0 Å². The second-order valence-electron chi connectivity index (χ2n) is 35.4. The summed E-state index contributed by atoms with van der Waals surface area (Å²) in [4.78, 5) is 0. The van der Waals surface area contributed by atoms with Gasteiger partial charge in [0, 0.05) is 0 Å².